The maximum absolute atomic E-state index is 13.2. The molecule has 1 aliphatic carbocycles. The minimum Gasteiger partial charge on any atom is -0.497 e. The third-order valence-corrected chi connectivity index (χ3v) is 8.62. The number of anilines is 1. The van der Waals surface area contributed by atoms with Crippen LogP contribution >= 0.6 is 0 Å². The highest BCUT2D eigenvalue weighted by molar-refractivity contribution is 5.78. The number of carbonyl (C=O) groups is 1. The number of carboxylic acid groups (broad SMARTS) is 1. The molecule has 0 spiro atoms. The van der Waals surface area contributed by atoms with Crippen molar-refractivity contribution in [1.82, 2.24) is 4.98 Å². The molecule has 0 fully saturated rings. The summed E-state index contributed by atoms with van der Waals surface area (Å²) in [5.74, 6) is -0.530. The number of aliphatic carboxylic acids is 1. The highest BCUT2D eigenvalue weighted by Gasteiger charge is 2.48. The van der Waals surface area contributed by atoms with Crippen LogP contribution < -0.4 is 14.4 Å². The predicted octanol–water partition coefficient (Wildman–Crippen LogP) is 5.91. The van der Waals surface area contributed by atoms with Gasteiger partial charge < -0.3 is 24.6 Å². The Morgan fingerprint density at radius 1 is 1.02 bits per heavy atom. The van der Waals surface area contributed by atoms with Crippen molar-refractivity contribution < 1.29 is 24.5 Å². The number of carboxylic acids is 1. The molecule has 3 atom stereocenters. The van der Waals surface area contributed by atoms with E-state index in [-0.39, 0.29) is 12.6 Å². The molecular weight excluding hydrogens is 528 g/mol. The van der Waals surface area contributed by atoms with Crippen LogP contribution in [0.4, 0.5) is 5.82 Å². The molecule has 1 aromatic heterocycles. The lowest BCUT2D eigenvalue weighted by Gasteiger charge is -2.29. The van der Waals surface area contributed by atoms with Crippen molar-refractivity contribution in [1.29, 1.82) is 0 Å². The summed E-state index contributed by atoms with van der Waals surface area (Å²) in [6.45, 7) is 5.33. The van der Waals surface area contributed by atoms with Crippen molar-refractivity contribution in [2.24, 2.45) is 5.92 Å². The van der Waals surface area contributed by atoms with Gasteiger partial charge in [-0.2, -0.15) is 0 Å². The van der Waals surface area contributed by atoms with Crippen LogP contribution in [0.2, 0.25) is 0 Å². The number of aliphatic hydroxyl groups excluding tert-OH is 1. The Bertz CT molecular complexity index is 1600. The maximum Gasteiger partial charge on any atom is 0.308 e. The molecule has 7 heteroatoms. The molecule has 1 aliphatic heterocycles. The van der Waals surface area contributed by atoms with Crippen molar-refractivity contribution in [3.05, 3.63) is 118 Å². The lowest BCUT2D eigenvalue weighted by Crippen LogP contribution is -2.31. The maximum atomic E-state index is 13.2. The average molecular weight is 565 g/mol. The average Bonchev–Trinajstić information content (AvgIpc) is 3.61. The normalized spacial score (nSPS) is 18.8. The smallest absolute Gasteiger partial charge is 0.308 e. The molecule has 216 valence electrons. The lowest BCUT2D eigenvalue weighted by atomic mass is 9.78. The SMILES string of the molecule is COc1ccc([C@@H]2c3nc(N(Cc4ccccc4)C(C)C)ccc3C(c3ccc4c(c3)OCC4)[C@H]2C(=O)O)c(CO)c1. The number of benzene rings is 3. The van der Waals surface area contributed by atoms with Crippen LogP contribution in [0.25, 0.3) is 0 Å². The number of aliphatic hydroxyl groups is 1. The van der Waals surface area contributed by atoms with E-state index in [1.165, 1.54) is 5.56 Å². The van der Waals surface area contributed by atoms with Gasteiger partial charge in [0.15, 0.2) is 0 Å². The summed E-state index contributed by atoms with van der Waals surface area (Å²) in [5.41, 5.74) is 6.19. The summed E-state index contributed by atoms with van der Waals surface area (Å²) in [4.78, 5) is 20.7. The molecule has 0 amide bonds. The molecule has 3 aromatic carbocycles. The second-order valence-electron chi connectivity index (χ2n) is 11.4. The van der Waals surface area contributed by atoms with Crippen LogP contribution in [-0.2, 0) is 24.4 Å². The van der Waals surface area contributed by atoms with E-state index in [9.17, 15) is 15.0 Å². The second-order valence-corrected chi connectivity index (χ2v) is 11.4. The first-order valence-corrected chi connectivity index (χ1v) is 14.5. The first kappa shape index (κ1) is 27.8. The van der Waals surface area contributed by atoms with Gasteiger partial charge in [-0.05, 0) is 71.5 Å². The Kier molecular flexibility index (Phi) is 7.60. The fourth-order valence-corrected chi connectivity index (χ4v) is 6.55. The molecule has 6 rings (SSSR count). The van der Waals surface area contributed by atoms with Crippen molar-refractivity contribution >= 4 is 11.8 Å². The highest BCUT2D eigenvalue weighted by atomic mass is 16.5. The standard InChI is InChI=1S/C35H36N2O5/c1-21(2)37(19-22-7-5-4-6-8-22)30-14-13-28-31(24-10-9-23-15-16-42-29(23)18-24)33(35(39)40)32(34(28)36-30)27-12-11-26(41-3)17-25(27)20-38/h4-14,17-18,21,31-33,38H,15-16,19-20H2,1-3H3,(H,39,40)/t31?,32-,33+/m0/s1. The molecular formula is C35H36N2O5. The van der Waals surface area contributed by atoms with Gasteiger partial charge in [0.1, 0.15) is 17.3 Å². The Balaban J connectivity index is 1.53. The van der Waals surface area contributed by atoms with E-state index in [0.29, 0.717) is 24.5 Å². The molecule has 0 radical (unpaired) electrons. The molecule has 0 saturated carbocycles. The third-order valence-electron chi connectivity index (χ3n) is 8.62. The number of nitrogens with zero attached hydrogens (tertiary/aromatic N) is 2. The van der Waals surface area contributed by atoms with Crippen LogP contribution in [0, 0.1) is 5.92 Å². The highest BCUT2D eigenvalue weighted by Crippen LogP contribution is 2.54. The summed E-state index contributed by atoms with van der Waals surface area (Å²) in [7, 11) is 1.58. The van der Waals surface area contributed by atoms with Crippen molar-refractivity contribution in [3.63, 3.8) is 0 Å². The molecule has 2 aliphatic rings. The number of aromatic nitrogens is 1. The van der Waals surface area contributed by atoms with Gasteiger partial charge in [0.05, 0.1) is 31.9 Å². The summed E-state index contributed by atoms with van der Waals surface area (Å²) >= 11 is 0. The largest absolute Gasteiger partial charge is 0.497 e. The Hall–Kier alpha value is -4.36. The monoisotopic (exact) mass is 564 g/mol. The van der Waals surface area contributed by atoms with E-state index in [0.717, 1.165) is 45.9 Å². The summed E-state index contributed by atoms with van der Waals surface area (Å²) in [6, 6.07) is 26.1. The zero-order valence-corrected chi connectivity index (χ0v) is 24.2. The number of rotatable bonds is 9. The van der Waals surface area contributed by atoms with Gasteiger partial charge in [-0.15, -0.1) is 0 Å². The zero-order valence-electron chi connectivity index (χ0n) is 24.2. The quantitative estimate of drug-likeness (QED) is 0.261. The molecule has 0 saturated heterocycles. The Morgan fingerprint density at radius 3 is 2.52 bits per heavy atom. The van der Waals surface area contributed by atoms with Crippen LogP contribution in [0.3, 0.4) is 0 Å². The van der Waals surface area contributed by atoms with Gasteiger partial charge >= 0.3 is 5.97 Å². The molecule has 1 unspecified atom stereocenters. The van der Waals surface area contributed by atoms with Crippen molar-refractivity contribution in [3.8, 4) is 11.5 Å². The van der Waals surface area contributed by atoms with Crippen LogP contribution in [-0.4, -0.2) is 40.9 Å². The first-order valence-electron chi connectivity index (χ1n) is 14.5. The second kappa shape index (κ2) is 11.5. The Labute approximate surface area is 246 Å². The van der Waals surface area contributed by atoms with Crippen molar-refractivity contribution in [2.75, 3.05) is 18.6 Å². The molecule has 2 heterocycles. The number of fused-ring (bicyclic) bond motifs is 2. The molecule has 42 heavy (non-hydrogen) atoms. The molecule has 2 N–H and O–H groups in total. The fourth-order valence-electron chi connectivity index (χ4n) is 6.55. The number of ether oxygens (including phenoxy) is 2. The van der Waals surface area contributed by atoms with Gasteiger partial charge in [0.2, 0.25) is 0 Å². The van der Waals surface area contributed by atoms with E-state index < -0.39 is 23.7 Å². The summed E-state index contributed by atoms with van der Waals surface area (Å²) in [5, 5.41) is 21.2. The van der Waals surface area contributed by atoms with Gasteiger partial charge in [-0.3, -0.25) is 4.79 Å². The van der Waals surface area contributed by atoms with Crippen LogP contribution in [0.5, 0.6) is 11.5 Å². The van der Waals surface area contributed by atoms with E-state index in [1.807, 2.05) is 48.5 Å². The minimum absolute atomic E-state index is 0.157. The summed E-state index contributed by atoms with van der Waals surface area (Å²) < 4.78 is 11.3. The number of pyridine rings is 1. The number of hydrogen-bond donors (Lipinski definition) is 2. The van der Waals surface area contributed by atoms with E-state index >= 15 is 0 Å². The van der Waals surface area contributed by atoms with Gasteiger partial charge in [0.25, 0.3) is 0 Å². The Morgan fingerprint density at radius 2 is 1.81 bits per heavy atom. The fraction of sp³-hybridized carbons (Fsp3) is 0.314. The van der Waals surface area contributed by atoms with Crippen molar-refractivity contribution in [2.45, 2.75) is 51.3 Å². The molecule has 0 bridgehead atoms. The number of hydrogen-bond acceptors (Lipinski definition) is 6. The van der Waals surface area contributed by atoms with Gasteiger partial charge in [-0.1, -0.05) is 54.6 Å². The molecule has 7 nitrogen and oxygen atoms in total. The summed E-state index contributed by atoms with van der Waals surface area (Å²) in [6.07, 6.45) is 0.852. The molecule has 4 aromatic rings. The van der Waals surface area contributed by atoms with Crippen LogP contribution in [0.1, 0.15) is 64.8 Å². The zero-order chi connectivity index (χ0) is 29.4. The van der Waals surface area contributed by atoms with Crippen LogP contribution in [0.15, 0.2) is 78.9 Å². The predicted molar refractivity (Wildman–Crippen MR) is 161 cm³/mol. The third kappa shape index (κ3) is 4.98. The van der Waals surface area contributed by atoms with Gasteiger partial charge in [0, 0.05) is 30.8 Å². The van der Waals surface area contributed by atoms with E-state index in [4.69, 9.17) is 14.5 Å². The van der Waals surface area contributed by atoms with Gasteiger partial charge in [-0.25, -0.2) is 4.98 Å². The number of methoxy groups -OCH3 is 1. The van der Waals surface area contributed by atoms with E-state index in [2.05, 4.69) is 43.0 Å². The minimum atomic E-state index is -0.907. The lowest BCUT2D eigenvalue weighted by molar-refractivity contribution is -0.142. The van der Waals surface area contributed by atoms with E-state index in [1.54, 1.807) is 13.2 Å². The first-order chi connectivity index (χ1) is 20.4. The topological polar surface area (TPSA) is 92.1 Å².